The Hall–Kier alpha value is -3.42. The molecule has 8 heteroatoms. The Balaban J connectivity index is 1.55. The van der Waals surface area contributed by atoms with Gasteiger partial charge >= 0.3 is 0 Å². The lowest BCUT2D eigenvalue weighted by atomic mass is 9.68. The second-order valence-corrected chi connectivity index (χ2v) is 9.75. The van der Waals surface area contributed by atoms with Crippen molar-refractivity contribution >= 4 is 5.91 Å². The lowest BCUT2D eigenvalue weighted by Crippen LogP contribution is -2.48. The van der Waals surface area contributed by atoms with E-state index in [0.29, 0.717) is 18.7 Å². The molecule has 5 rings (SSSR count). The van der Waals surface area contributed by atoms with Crippen molar-refractivity contribution in [2.75, 3.05) is 13.1 Å². The van der Waals surface area contributed by atoms with E-state index in [-0.39, 0.29) is 34.4 Å². The van der Waals surface area contributed by atoms with Gasteiger partial charge < -0.3 is 10.0 Å². The molecule has 2 heterocycles. The summed E-state index contributed by atoms with van der Waals surface area (Å²) in [6, 6.07) is 8.50. The molecular formula is C26H26F2N4O2. The quantitative estimate of drug-likeness (QED) is 0.585. The van der Waals surface area contributed by atoms with Gasteiger partial charge in [0.25, 0.3) is 5.91 Å². The highest BCUT2D eigenvalue weighted by atomic mass is 19.1. The molecule has 1 aromatic carbocycles. The molecule has 3 aromatic rings. The smallest absolute Gasteiger partial charge is 0.255 e. The van der Waals surface area contributed by atoms with E-state index in [1.165, 1.54) is 30.5 Å². The molecule has 2 aromatic heterocycles. The number of aromatic hydroxyl groups is 1. The van der Waals surface area contributed by atoms with Crippen molar-refractivity contribution in [3.63, 3.8) is 0 Å². The summed E-state index contributed by atoms with van der Waals surface area (Å²) in [7, 11) is 0. The Labute approximate surface area is 196 Å². The van der Waals surface area contributed by atoms with Crippen molar-refractivity contribution < 1.29 is 18.7 Å². The van der Waals surface area contributed by atoms with Crippen LogP contribution < -0.4 is 0 Å². The fourth-order valence-corrected chi connectivity index (χ4v) is 5.99. The van der Waals surface area contributed by atoms with Gasteiger partial charge in [-0.2, -0.15) is 10.2 Å². The number of benzene rings is 1. The highest BCUT2D eigenvalue weighted by Crippen LogP contribution is 2.67. The van der Waals surface area contributed by atoms with Crippen molar-refractivity contribution in [3.05, 3.63) is 71.1 Å². The van der Waals surface area contributed by atoms with E-state index in [4.69, 9.17) is 0 Å². The third kappa shape index (κ3) is 3.11. The first-order valence-corrected chi connectivity index (χ1v) is 11.5. The van der Waals surface area contributed by atoms with E-state index in [1.807, 2.05) is 6.92 Å². The molecule has 0 aliphatic heterocycles. The van der Waals surface area contributed by atoms with Gasteiger partial charge in [0.05, 0.1) is 22.5 Å². The standard InChI is InChI=1S/C26H26F2N4O2/c1-4-32(24(34)15-8-9-21(33)29-13-15)14-26-11-10-17(25(26,2)3)16-12-20(30-31-23(16)26)22-18(27)6-5-7-19(22)28/h5-9,12-13,17H,4,10-11,14H2,1-3H3,(H,29,33)/t17-,26-/m0/s1. The summed E-state index contributed by atoms with van der Waals surface area (Å²) in [5, 5.41) is 18.2. The Bertz CT molecular complexity index is 1260. The number of hydrogen-bond acceptors (Lipinski definition) is 5. The zero-order chi connectivity index (χ0) is 24.3. The van der Waals surface area contributed by atoms with Gasteiger partial charge in [-0.15, -0.1) is 0 Å². The number of rotatable bonds is 5. The Morgan fingerprint density at radius 2 is 1.91 bits per heavy atom. The van der Waals surface area contributed by atoms with E-state index < -0.39 is 17.0 Å². The fraction of sp³-hybridized carbons (Fsp3) is 0.385. The number of halogens is 2. The van der Waals surface area contributed by atoms with E-state index in [9.17, 15) is 18.7 Å². The minimum atomic E-state index is -0.670. The van der Waals surface area contributed by atoms with Crippen LogP contribution in [0.4, 0.5) is 8.78 Å². The van der Waals surface area contributed by atoms with Crippen LogP contribution in [-0.2, 0) is 5.41 Å². The van der Waals surface area contributed by atoms with Crippen molar-refractivity contribution in [1.29, 1.82) is 0 Å². The number of aromatic nitrogens is 3. The number of carbonyl (C=O) groups excluding carboxylic acids is 1. The highest BCUT2D eigenvalue weighted by Gasteiger charge is 2.64. The molecule has 2 bridgehead atoms. The maximum atomic E-state index is 14.4. The third-order valence-corrected chi connectivity index (χ3v) is 7.96. The van der Waals surface area contributed by atoms with Crippen molar-refractivity contribution in [2.45, 2.75) is 44.9 Å². The average molecular weight is 465 g/mol. The lowest BCUT2D eigenvalue weighted by molar-refractivity contribution is 0.0652. The predicted octanol–water partition coefficient (Wildman–Crippen LogP) is 4.84. The van der Waals surface area contributed by atoms with Crippen LogP contribution in [0.1, 0.15) is 61.1 Å². The van der Waals surface area contributed by atoms with Crippen LogP contribution in [0.2, 0.25) is 0 Å². The van der Waals surface area contributed by atoms with Gasteiger partial charge in [0.2, 0.25) is 5.88 Å². The molecule has 1 N–H and O–H groups in total. The normalized spacial score (nSPS) is 22.0. The monoisotopic (exact) mass is 464 g/mol. The number of carbonyl (C=O) groups is 1. The highest BCUT2D eigenvalue weighted by molar-refractivity contribution is 5.94. The number of nitrogens with zero attached hydrogens (tertiary/aromatic N) is 4. The maximum Gasteiger partial charge on any atom is 0.255 e. The van der Waals surface area contributed by atoms with Crippen molar-refractivity contribution in [2.24, 2.45) is 5.41 Å². The number of hydrogen-bond donors (Lipinski definition) is 1. The Morgan fingerprint density at radius 1 is 1.18 bits per heavy atom. The zero-order valence-electron chi connectivity index (χ0n) is 19.3. The number of amides is 1. The largest absolute Gasteiger partial charge is 0.493 e. The molecule has 2 aliphatic rings. The minimum absolute atomic E-state index is 0.139. The van der Waals surface area contributed by atoms with E-state index in [2.05, 4.69) is 29.0 Å². The van der Waals surface area contributed by atoms with Gasteiger partial charge in [-0.1, -0.05) is 19.9 Å². The summed E-state index contributed by atoms with van der Waals surface area (Å²) in [6.07, 6.45) is 3.12. The molecule has 0 saturated heterocycles. The molecule has 0 radical (unpaired) electrons. The first-order valence-electron chi connectivity index (χ1n) is 11.5. The van der Waals surface area contributed by atoms with Crippen molar-refractivity contribution in [1.82, 2.24) is 20.1 Å². The number of fused-ring (bicyclic) bond motifs is 5. The molecular weight excluding hydrogens is 438 g/mol. The summed E-state index contributed by atoms with van der Waals surface area (Å²) in [5.41, 5.74) is 1.53. The van der Waals surface area contributed by atoms with Crippen LogP contribution >= 0.6 is 0 Å². The SMILES string of the molecule is CCN(C[C@@]12CC[C@@H](c3cc(-c4c(F)cccc4F)nnc31)C2(C)C)C(=O)c1ccc(O)nc1. The average Bonchev–Trinajstić information content (AvgIpc) is 3.17. The summed E-state index contributed by atoms with van der Waals surface area (Å²) < 4.78 is 28.8. The van der Waals surface area contributed by atoms with Gasteiger partial charge in [-0.05, 0) is 60.9 Å². The summed E-state index contributed by atoms with van der Waals surface area (Å²) in [6.45, 7) is 7.21. The van der Waals surface area contributed by atoms with Gasteiger partial charge in [-0.3, -0.25) is 4.79 Å². The topological polar surface area (TPSA) is 79.2 Å². The molecule has 34 heavy (non-hydrogen) atoms. The Kier molecular flexibility index (Phi) is 5.15. The lowest BCUT2D eigenvalue weighted by Gasteiger charge is -2.41. The van der Waals surface area contributed by atoms with Crippen LogP contribution in [0, 0.1) is 17.0 Å². The molecule has 0 unspecified atom stereocenters. The van der Waals surface area contributed by atoms with E-state index in [0.717, 1.165) is 24.1 Å². The van der Waals surface area contributed by atoms with Crippen molar-refractivity contribution in [3.8, 4) is 17.1 Å². The molecule has 1 saturated carbocycles. The molecule has 6 nitrogen and oxygen atoms in total. The van der Waals surface area contributed by atoms with Crippen LogP contribution in [0.3, 0.4) is 0 Å². The molecule has 176 valence electrons. The molecule has 1 amide bonds. The zero-order valence-corrected chi connectivity index (χ0v) is 19.3. The van der Waals surface area contributed by atoms with Gasteiger partial charge in [-0.25, -0.2) is 13.8 Å². The number of pyridine rings is 1. The van der Waals surface area contributed by atoms with Crippen LogP contribution in [0.15, 0.2) is 42.6 Å². The van der Waals surface area contributed by atoms with Crippen LogP contribution in [0.25, 0.3) is 11.3 Å². The maximum absolute atomic E-state index is 14.4. The van der Waals surface area contributed by atoms with E-state index >= 15 is 0 Å². The second-order valence-electron chi connectivity index (χ2n) is 9.75. The minimum Gasteiger partial charge on any atom is -0.493 e. The summed E-state index contributed by atoms with van der Waals surface area (Å²) in [5.74, 6) is -1.50. The van der Waals surface area contributed by atoms with Crippen LogP contribution in [0.5, 0.6) is 5.88 Å². The Morgan fingerprint density at radius 3 is 2.56 bits per heavy atom. The first kappa shape index (κ1) is 22.4. The second kappa shape index (κ2) is 7.82. The molecule has 0 spiro atoms. The fourth-order valence-electron chi connectivity index (χ4n) is 5.99. The summed E-state index contributed by atoms with van der Waals surface area (Å²) in [4.78, 5) is 18.9. The molecule has 2 aliphatic carbocycles. The molecule has 2 atom stereocenters. The predicted molar refractivity (Wildman–Crippen MR) is 122 cm³/mol. The molecule has 1 fully saturated rings. The van der Waals surface area contributed by atoms with Crippen LogP contribution in [-0.4, -0.2) is 44.2 Å². The van der Waals surface area contributed by atoms with Gasteiger partial charge in [0.15, 0.2) is 0 Å². The first-order chi connectivity index (χ1) is 16.2. The number of likely N-dealkylation sites (N-methyl/N-ethyl adjacent to an activating group) is 1. The summed E-state index contributed by atoms with van der Waals surface area (Å²) >= 11 is 0. The van der Waals surface area contributed by atoms with Gasteiger partial charge in [0, 0.05) is 30.8 Å². The van der Waals surface area contributed by atoms with Gasteiger partial charge in [0.1, 0.15) is 11.6 Å². The van der Waals surface area contributed by atoms with E-state index in [1.54, 1.807) is 17.0 Å². The third-order valence-electron chi connectivity index (χ3n) is 7.96.